The van der Waals surface area contributed by atoms with Crippen molar-refractivity contribution in [3.05, 3.63) is 29.8 Å². The van der Waals surface area contributed by atoms with Gasteiger partial charge in [0.1, 0.15) is 11.4 Å². The minimum absolute atomic E-state index is 0.0114. The summed E-state index contributed by atoms with van der Waals surface area (Å²) in [5, 5.41) is 9.37. The first-order valence-electron chi connectivity index (χ1n) is 4.97. The van der Waals surface area contributed by atoms with E-state index in [1.807, 2.05) is 24.3 Å². The van der Waals surface area contributed by atoms with Crippen molar-refractivity contribution in [1.29, 1.82) is 0 Å². The molecule has 4 heteroatoms. The summed E-state index contributed by atoms with van der Waals surface area (Å²) in [6.07, 6.45) is 0.473. The van der Waals surface area contributed by atoms with Crippen molar-refractivity contribution in [2.75, 3.05) is 13.7 Å². The summed E-state index contributed by atoms with van der Waals surface area (Å²) in [4.78, 5) is 10.4. The van der Waals surface area contributed by atoms with E-state index in [4.69, 9.17) is 9.47 Å². The number of methoxy groups -OCH3 is 1. The molecule has 0 spiro atoms. The fourth-order valence-electron chi connectivity index (χ4n) is 1.13. The van der Waals surface area contributed by atoms with Crippen molar-refractivity contribution in [2.45, 2.75) is 19.1 Å². The van der Waals surface area contributed by atoms with Gasteiger partial charge in [0.2, 0.25) is 0 Å². The van der Waals surface area contributed by atoms with Crippen LogP contribution in [0.1, 0.15) is 12.5 Å². The molecule has 1 aromatic rings. The zero-order chi connectivity index (χ0) is 12.0. The van der Waals surface area contributed by atoms with Gasteiger partial charge < -0.3 is 19.4 Å². The molecule has 1 rings (SSSR count). The van der Waals surface area contributed by atoms with E-state index in [1.54, 1.807) is 7.11 Å². The summed E-state index contributed by atoms with van der Waals surface area (Å²) < 4.78 is 10.2. The van der Waals surface area contributed by atoms with Crippen LogP contribution in [0.15, 0.2) is 24.3 Å². The third-order valence-electron chi connectivity index (χ3n) is 2.08. The molecule has 4 nitrogen and oxygen atoms in total. The predicted molar refractivity (Wildman–Crippen MR) is 59.3 cm³/mol. The van der Waals surface area contributed by atoms with Crippen LogP contribution in [-0.2, 0) is 16.1 Å². The van der Waals surface area contributed by atoms with E-state index < -0.39 is 5.60 Å². The first-order valence-corrected chi connectivity index (χ1v) is 4.97. The third kappa shape index (κ3) is 4.00. The molecule has 0 bridgehead atoms. The molecule has 0 radical (unpaired) electrons. The third-order valence-corrected chi connectivity index (χ3v) is 2.08. The molecular formula is C12H16O4. The average molecular weight is 224 g/mol. The normalized spacial score (nSPS) is 14.2. The summed E-state index contributed by atoms with van der Waals surface area (Å²) >= 11 is 0. The Morgan fingerprint density at radius 2 is 2.00 bits per heavy atom. The van der Waals surface area contributed by atoms with Crippen LogP contribution in [0.2, 0.25) is 0 Å². The Bertz CT molecular complexity index is 329. The zero-order valence-corrected chi connectivity index (χ0v) is 9.47. The van der Waals surface area contributed by atoms with Crippen molar-refractivity contribution >= 4 is 6.29 Å². The van der Waals surface area contributed by atoms with Gasteiger partial charge in [-0.15, -0.1) is 0 Å². The number of rotatable bonds is 6. The Hall–Kier alpha value is -1.39. The molecule has 0 saturated heterocycles. The van der Waals surface area contributed by atoms with Gasteiger partial charge in [0.25, 0.3) is 0 Å². The maximum atomic E-state index is 10.4. The van der Waals surface area contributed by atoms with Crippen LogP contribution in [0, 0.1) is 0 Å². The van der Waals surface area contributed by atoms with E-state index in [1.165, 1.54) is 6.92 Å². The highest BCUT2D eigenvalue weighted by Gasteiger charge is 2.18. The Balaban J connectivity index is 2.40. The van der Waals surface area contributed by atoms with E-state index in [0.29, 0.717) is 12.9 Å². The quantitative estimate of drug-likeness (QED) is 0.737. The molecule has 0 heterocycles. The molecule has 1 unspecified atom stereocenters. The lowest BCUT2D eigenvalue weighted by atomic mass is 10.1. The largest absolute Gasteiger partial charge is 0.497 e. The maximum absolute atomic E-state index is 10.4. The molecule has 0 aliphatic rings. The molecule has 0 saturated carbocycles. The highest BCUT2D eigenvalue weighted by atomic mass is 16.5. The fraction of sp³-hybridized carbons (Fsp3) is 0.417. The molecule has 0 amide bonds. The smallest absolute Gasteiger partial charge is 0.153 e. The molecule has 16 heavy (non-hydrogen) atoms. The minimum Gasteiger partial charge on any atom is -0.497 e. The summed E-state index contributed by atoms with van der Waals surface area (Å²) in [6.45, 7) is 1.75. The maximum Gasteiger partial charge on any atom is 0.153 e. The highest BCUT2D eigenvalue weighted by Crippen LogP contribution is 2.12. The Kier molecular flexibility index (Phi) is 4.46. The Morgan fingerprint density at radius 3 is 2.50 bits per heavy atom. The van der Waals surface area contributed by atoms with Gasteiger partial charge in [-0.1, -0.05) is 12.1 Å². The van der Waals surface area contributed by atoms with Crippen LogP contribution in [0.5, 0.6) is 5.75 Å². The second-order valence-electron chi connectivity index (χ2n) is 3.82. The summed E-state index contributed by atoms with van der Waals surface area (Å²) in [6, 6.07) is 7.40. The van der Waals surface area contributed by atoms with Crippen molar-refractivity contribution in [2.24, 2.45) is 0 Å². The molecule has 1 atom stereocenters. The molecule has 1 aromatic carbocycles. The lowest BCUT2D eigenvalue weighted by molar-refractivity contribution is -0.128. The van der Waals surface area contributed by atoms with Crippen LogP contribution in [-0.4, -0.2) is 30.7 Å². The summed E-state index contributed by atoms with van der Waals surface area (Å²) in [5.41, 5.74) is -0.450. The number of benzene rings is 1. The molecule has 88 valence electrons. The summed E-state index contributed by atoms with van der Waals surface area (Å²) in [5.74, 6) is 0.781. The van der Waals surface area contributed by atoms with E-state index >= 15 is 0 Å². The highest BCUT2D eigenvalue weighted by molar-refractivity contribution is 5.61. The fourth-order valence-corrected chi connectivity index (χ4v) is 1.13. The van der Waals surface area contributed by atoms with Crippen molar-refractivity contribution in [3.8, 4) is 5.75 Å². The van der Waals surface area contributed by atoms with E-state index in [0.717, 1.165) is 11.3 Å². The lowest BCUT2D eigenvalue weighted by Gasteiger charge is -2.15. The van der Waals surface area contributed by atoms with E-state index in [9.17, 15) is 9.90 Å². The Labute approximate surface area is 94.8 Å². The number of hydrogen-bond donors (Lipinski definition) is 1. The van der Waals surface area contributed by atoms with Crippen molar-refractivity contribution in [1.82, 2.24) is 0 Å². The van der Waals surface area contributed by atoms with E-state index in [-0.39, 0.29) is 6.61 Å². The van der Waals surface area contributed by atoms with Gasteiger partial charge in [0.15, 0.2) is 6.29 Å². The molecular weight excluding hydrogens is 208 g/mol. The van der Waals surface area contributed by atoms with Crippen LogP contribution in [0.3, 0.4) is 0 Å². The molecule has 0 fully saturated rings. The predicted octanol–water partition coefficient (Wildman–Crippen LogP) is 1.16. The van der Waals surface area contributed by atoms with Gasteiger partial charge >= 0.3 is 0 Å². The second kappa shape index (κ2) is 5.63. The van der Waals surface area contributed by atoms with Gasteiger partial charge in [-0.05, 0) is 24.6 Å². The molecule has 1 N–H and O–H groups in total. The first-order chi connectivity index (χ1) is 7.57. The number of carbonyl (C=O) groups excluding carboxylic acids is 1. The summed E-state index contributed by atoms with van der Waals surface area (Å²) in [7, 11) is 1.60. The average Bonchev–Trinajstić information content (AvgIpc) is 2.30. The van der Waals surface area contributed by atoms with Gasteiger partial charge in [-0.2, -0.15) is 0 Å². The zero-order valence-electron chi connectivity index (χ0n) is 9.47. The molecule has 0 aliphatic carbocycles. The SMILES string of the molecule is COc1ccc(COCC(C)(O)C=O)cc1. The van der Waals surface area contributed by atoms with Gasteiger partial charge in [0, 0.05) is 0 Å². The topological polar surface area (TPSA) is 55.8 Å². The van der Waals surface area contributed by atoms with Crippen LogP contribution < -0.4 is 4.74 Å². The number of aliphatic hydroxyl groups is 1. The van der Waals surface area contributed by atoms with Gasteiger partial charge in [0.05, 0.1) is 20.3 Å². The van der Waals surface area contributed by atoms with Gasteiger partial charge in [-0.25, -0.2) is 0 Å². The minimum atomic E-state index is -1.41. The lowest BCUT2D eigenvalue weighted by Crippen LogP contribution is -2.32. The second-order valence-corrected chi connectivity index (χ2v) is 3.82. The van der Waals surface area contributed by atoms with Crippen molar-refractivity contribution in [3.63, 3.8) is 0 Å². The van der Waals surface area contributed by atoms with Crippen LogP contribution in [0.25, 0.3) is 0 Å². The number of aldehydes is 1. The van der Waals surface area contributed by atoms with E-state index in [2.05, 4.69) is 0 Å². The van der Waals surface area contributed by atoms with Crippen molar-refractivity contribution < 1.29 is 19.4 Å². The number of ether oxygens (including phenoxy) is 2. The monoisotopic (exact) mass is 224 g/mol. The Morgan fingerprint density at radius 1 is 1.38 bits per heavy atom. The first kappa shape index (κ1) is 12.7. The standard InChI is InChI=1S/C12H16O4/c1-12(14,8-13)9-16-7-10-3-5-11(15-2)6-4-10/h3-6,8,14H,7,9H2,1-2H3. The van der Waals surface area contributed by atoms with Gasteiger partial charge in [-0.3, -0.25) is 0 Å². The molecule has 0 aromatic heterocycles. The number of carbonyl (C=O) groups is 1. The van der Waals surface area contributed by atoms with Crippen LogP contribution in [0.4, 0.5) is 0 Å². The number of hydrogen-bond acceptors (Lipinski definition) is 4. The molecule has 0 aliphatic heterocycles. The van der Waals surface area contributed by atoms with Crippen LogP contribution >= 0.6 is 0 Å².